The van der Waals surface area contributed by atoms with Gasteiger partial charge in [-0.1, -0.05) is 48.0 Å². The minimum Gasteiger partial charge on any atom is -0.324 e. The fourth-order valence-electron chi connectivity index (χ4n) is 2.37. The van der Waals surface area contributed by atoms with Gasteiger partial charge in [0.05, 0.1) is 5.56 Å². The lowest BCUT2D eigenvalue weighted by Crippen LogP contribution is -2.16. The highest BCUT2D eigenvalue weighted by atomic mass is 15.3. The Labute approximate surface area is 140 Å². The molecule has 1 heterocycles. The van der Waals surface area contributed by atoms with Gasteiger partial charge in [0, 0.05) is 5.69 Å². The Kier molecular flexibility index (Phi) is 4.55. The van der Waals surface area contributed by atoms with Gasteiger partial charge in [-0.2, -0.15) is 9.97 Å². The Morgan fingerprint density at radius 3 is 1.92 bits per heavy atom. The molecule has 0 unspecified atom stereocenters. The molecule has 24 heavy (non-hydrogen) atoms. The first-order chi connectivity index (χ1) is 11.7. The molecular formula is C17H19N7. The van der Waals surface area contributed by atoms with Crippen LogP contribution in [0.2, 0.25) is 0 Å². The van der Waals surface area contributed by atoms with E-state index in [0.717, 1.165) is 16.8 Å². The third-order valence-electron chi connectivity index (χ3n) is 3.55. The molecule has 3 rings (SSSR count). The van der Waals surface area contributed by atoms with E-state index in [1.807, 2.05) is 61.5 Å². The molecule has 7 nitrogen and oxygen atoms in total. The lowest BCUT2D eigenvalue weighted by Gasteiger charge is -2.15. The maximum Gasteiger partial charge on any atom is 0.231 e. The van der Waals surface area contributed by atoms with Gasteiger partial charge < -0.3 is 16.2 Å². The Bertz CT molecular complexity index is 791. The van der Waals surface area contributed by atoms with Crippen molar-refractivity contribution in [3.8, 4) is 11.1 Å². The van der Waals surface area contributed by atoms with Crippen molar-refractivity contribution in [2.75, 3.05) is 16.2 Å². The number of hydrogen-bond acceptors (Lipinski definition) is 7. The molecule has 0 amide bonds. The minimum absolute atomic E-state index is 0.387. The van der Waals surface area contributed by atoms with Crippen LogP contribution >= 0.6 is 0 Å². The zero-order chi connectivity index (χ0) is 16.9. The number of benzene rings is 2. The van der Waals surface area contributed by atoms with E-state index in [0.29, 0.717) is 23.1 Å². The summed E-state index contributed by atoms with van der Waals surface area (Å²) in [6, 6.07) is 17.6. The Morgan fingerprint density at radius 1 is 0.792 bits per heavy atom. The Balaban J connectivity index is 2.05. The van der Waals surface area contributed by atoms with Gasteiger partial charge in [0.15, 0.2) is 11.6 Å². The quantitative estimate of drug-likeness (QED) is 0.362. The summed E-state index contributed by atoms with van der Waals surface area (Å²) in [6.45, 7) is 2.03. The van der Waals surface area contributed by atoms with Gasteiger partial charge in [-0.3, -0.25) is 0 Å². The number of nitrogens with zero attached hydrogens (tertiary/aromatic N) is 2. The monoisotopic (exact) mass is 321 g/mol. The number of para-hydroxylation sites is 1. The average Bonchev–Trinajstić information content (AvgIpc) is 2.62. The summed E-state index contributed by atoms with van der Waals surface area (Å²) in [4.78, 5) is 8.88. The van der Waals surface area contributed by atoms with Crippen molar-refractivity contribution in [2.45, 2.75) is 6.92 Å². The van der Waals surface area contributed by atoms with E-state index >= 15 is 0 Å². The number of aromatic nitrogens is 2. The standard InChI is InChI=1S/C17H19N7/c1-11-7-9-12(10-8-11)14-15(23-18)21-17(22-16(14)24-19)20-13-5-3-2-4-6-13/h2-10H,18-19H2,1H3,(H3,20,21,22,23,24). The number of rotatable bonds is 5. The van der Waals surface area contributed by atoms with E-state index in [-0.39, 0.29) is 0 Å². The van der Waals surface area contributed by atoms with Gasteiger partial charge in [0.1, 0.15) is 0 Å². The minimum atomic E-state index is 0.387. The zero-order valence-corrected chi connectivity index (χ0v) is 13.2. The van der Waals surface area contributed by atoms with Gasteiger partial charge in [-0.05, 0) is 24.6 Å². The number of hydrogen-bond donors (Lipinski definition) is 5. The maximum atomic E-state index is 5.67. The van der Waals surface area contributed by atoms with Crippen LogP contribution in [0.3, 0.4) is 0 Å². The van der Waals surface area contributed by atoms with Crippen molar-refractivity contribution in [3.05, 3.63) is 60.2 Å². The smallest absolute Gasteiger partial charge is 0.231 e. The van der Waals surface area contributed by atoms with Crippen molar-refractivity contribution in [2.24, 2.45) is 11.7 Å². The summed E-state index contributed by atoms with van der Waals surface area (Å²) < 4.78 is 0. The molecule has 0 aliphatic rings. The van der Waals surface area contributed by atoms with E-state index in [9.17, 15) is 0 Å². The summed E-state index contributed by atoms with van der Waals surface area (Å²) in [5, 5.41) is 3.13. The molecule has 2 aromatic carbocycles. The third kappa shape index (κ3) is 3.27. The van der Waals surface area contributed by atoms with Crippen molar-refractivity contribution in [1.82, 2.24) is 9.97 Å². The summed E-state index contributed by atoms with van der Waals surface area (Å²) in [5.41, 5.74) is 8.89. The molecular weight excluding hydrogens is 302 g/mol. The molecule has 122 valence electrons. The van der Waals surface area contributed by atoms with Crippen molar-refractivity contribution in [1.29, 1.82) is 0 Å². The molecule has 0 radical (unpaired) electrons. The van der Waals surface area contributed by atoms with Crippen LogP contribution in [0, 0.1) is 6.92 Å². The van der Waals surface area contributed by atoms with Crippen molar-refractivity contribution >= 4 is 23.3 Å². The van der Waals surface area contributed by atoms with Crippen LogP contribution in [0.15, 0.2) is 54.6 Å². The van der Waals surface area contributed by atoms with E-state index in [2.05, 4.69) is 26.1 Å². The molecule has 7 N–H and O–H groups in total. The number of nitrogens with two attached hydrogens (primary N) is 2. The van der Waals surface area contributed by atoms with Gasteiger partial charge in [0.25, 0.3) is 0 Å². The van der Waals surface area contributed by atoms with E-state index in [1.165, 1.54) is 0 Å². The molecule has 7 heteroatoms. The lowest BCUT2D eigenvalue weighted by molar-refractivity contribution is 1.12. The van der Waals surface area contributed by atoms with E-state index < -0.39 is 0 Å². The van der Waals surface area contributed by atoms with Crippen molar-refractivity contribution in [3.63, 3.8) is 0 Å². The Morgan fingerprint density at radius 2 is 1.38 bits per heavy atom. The highest BCUT2D eigenvalue weighted by molar-refractivity contribution is 5.85. The van der Waals surface area contributed by atoms with Crippen LogP contribution in [0.25, 0.3) is 11.1 Å². The third-order valence-corrected chi connectivity index (χ3v) is 3.55. The maximum absolute atomic E-state index is 5.67. The molecule has 0 spiro atoms. The highest BCUT2D eigenvalue weighted by Gasteiger charge is 2.15. The van der Waals surface area contributed by atoms with Gasteiger partial charge in [-0.25, -0.2) is 11.7 Å². The number of nitrogen functional groups attached to an aromatic ring is 2. The van der Waals surface area contributed by atoms with Crippen LogP contribution in [0.5, 0.6) is 0 Å². The number of anilines is 4. The van der Waals surface area contributed by atoms with Crippen LogP contribution < -0.4 is 27.9 Å². The fourth-order valence-corrected chi connectivity index (χ4v) is 2.37. The first kappa shape index (κ1) is 15.7. The first-order valence-electron chi connectivity index (χ1n) is 7.45. The van der Waals surface area contributed by atoms with Crippen LogP contribution in [-0.2, 0) is 0 Å². The SMILES string of the molecule is Cc1ccc(-c2c(NN)nc(Nc3ccccc3)nc2NN)cc1. The van der Waals surface area contributed by atoms with E-state index in [4.69, 9.17) is 11.7 Å². The Hall–Kier alpha value is -3.16. The van der Waals surface area contributed by atoms with Gasteiger partial charge >= 0.3 is 0 Å². The molecule has 0 fully saturated rings. The van der Waals surface area contributed by atoms with Crippen LogP contribution in [-0.4, -0.2) is 9.97 Å². The molecule has 0 atom stereocenters. The zero-order valence-electron chi connectivity index (χ0n) is 13.2. The fraction of sp³-hybridized carbons (Fsp3) is 0.0588. The van der Waals surface area contributed by atoms with Crippen molar-refractivity contribution < 1.29 is 0 Å². The normalized spacial score (nSPS) is 10.3. The number of aryl methyl sites for hydroxylation is 1. The molecule has 3 aromatic rings. The second-order valence-corrected chi connectivity index (χ2v) is 5.27. The first-order valence-corrected chi connectivity index (χ1v) is 7.45. The second-order valence-electron chi connectivity index (χ2n) is 5.27. The predicted octanol–water partition coefficient (Wildman–Crippen LogP) is 2.77. The largest absolute Gasteiger partial charge is 0.324 e. The molecule has 0 aliphatic heterocycles. The molecule has 0 bridgehead atoms. The van der Waals surface area contributed by atoms with Gasteiger partial charge in [0.2, 0.25) is 5.95 Å². The molecule has 0 aliphatic carbocycles. The second kappa shape index (κ2) is 6.95. The average molecular weight is 321 g/mol. The summed E-state index contributed by atoms with van der Waals surface area (Å²) in [5.74, 6) is 12.7. The summed E-state index contributed by atoms with van der Waals surface area (Å²) in [7, 11) is 0. The molecule has 1 aromatic heterocycles. The number of nitrogens with one attached hydrogen (secondary N) is 3. The highest BCUT2D eigenvalue weighted by Crippen LogP contribution is 2.33. The van der Waals surface area contributed by atoms with Crippen LogP contribution in [0.4, 0.5) is 23.3 Å². The molecule has 0 saturated heterocycles. The lowest BCUT2D eigenvalue weighted by atomic mass is 10.1. The number of hydrazine groups is 2. The topological polar surface area (TPSA) is 114 Å². The summed E-state index contributed by atoms with van der Waals surface area (Å²) in [6.07, 6.45) is 0. The van der Waals surface area contributed by atoms with Crippen LogP contribution in [0.1, 0.15) is 5.56 Å². The predicted molar refractivity (Wildman–Crippen MR) is 97.5 cm³/mol. The molecule has 0 saturated carbocycles. The van der Waals surface area contributed by atoms with Gasteiger partial charge in [-0.15, -0.1) is 0 Å². The summed E-state index contributed by atoms with van der Waals surface area (Å²) >= 11 is 0. The van der Waals surface area contributed by atoms with E-state index in [1.54, 1.807) is 0 Å².